The average molecular weight is 431 g/mol. The molecule has 0 nitrogen and oxygen atoms in total. The van der Waals surface area contributed by atoms with Crippen LogP contribution in [0.15, 0.2) is 114 Å². The molecule has 0 spiro atoms. The third-order valence-electron chi connectivity index (χ3n) is 4.59. The first kappa shape index (κ1) is 18.2. The molecule has 0 bridgehead atoms. The lowest BCUT2D eigenvalue weighted by atomic mass is 10.1. The first-order chi connectivity index (χ1) is 13.3. The topological polar surface area (TPSA) is 0 Å². The maximum absolute atomic E-state index is 3.83. The normalized spacial score (nSPS) is 10.9. The highest BCUT2D eigenvalue weighted by Crippen LogP contribution is 2.36. The molecule has 4 aromatic rings. The summed E-state index contributed by atoms with van der Waals surface area (Å²) in [5.74, 6) is 0. The molecule has 0 aromatic heterocycles. The van der Waals surface area contributed by atoms with Crippen LogP contribution in [0.1, 0.15) is 11.1 Å². The third kappa shape index (κ3) is 4.21. The molecule has 0 atom stereocenters. The van der Waals surface area contributed by atoms with Crippen LogP contribution in [0.4, 0.5) is 0 Å². The third-order valence-corrected chi connectivity index (χ3v) is 7.86. The van der Waals surface area contributed by atoms with Gasteiger partial charge in [0.2, 0.25) is 0 Å². The van der Waals surface area contributed by atoms with Crippen molar-refractivity contribution in [2.45, 2.75) is 6.42 Å². The Balaban J connectivity index is 1.87. The van der Waals surface area contributed by atoms with Gasteiger partial charge < -0.3 is 0 Å². The Bertz CT molecular complexity index is 959. The molecule has 0 fully saturated rings. The highest BCUT2D eigenvalue weighted by molar-refractivity contribution is 9.10. The molecular weight excluding hydrogens is 411 g/mol. The van der Waals surface area contributed by atoms with Crippen molar-refractivity contribution >= 4 is 39.8 Å². The minimum Gasteiger partial charge on any atom is -0.0622 e. The van der Waals surface area contributed by atoms with Crippen molar-refractivity contribution in [3.63, 3.8) is 0 Å². The monoisotopic (exact) mass is 430 g/mol. The van der Waals surface area contributed by atoms with E-state index < -0.39 is 7.92 Å². The van der Waals surface area contributed by atoms with Crippen molar-refractivity contribution in [3.8, 4) is 0 Å². The molecular formula is C25H20BrP. The van der Waals surface area contributed by atoms with E-state index in [4.69, 9.17) is 0 Å². The van der Waals surface area contributed by atoms with E-state index in [1.807, 2.05) is 0 Å². The highest BCUT2D eigenvalue weighted by atomic mass is 79.9. The Morgan fingerprint density at radius 1 is 0.556 bits per heavy atom. The Morgan fingerprint density at radius 2 is 1.07 bits per heavy atom. The summed E-state index contributed by atoms with van der Waals surface area (Å²) < 4.78 is 1.18. The fourth-order valence-electron chi connectivity index (χ4n) is 3.31. The van der Waals surface area contributed by atoms with E-state index >= 15 is 0 Å². The fourth-order valence-corrected chi connectivity index (χ4v) is 6.47. The number of benzene rings is 4. The summed E-state index contributed by atoms with van der Waals surface area (Å²) in [5, 5.41) is 4.18. The zero-order valence-electron chi connectivity index (χ0n) is 14.9. The van der Waals surface area contributed by atoms with Crippen molar-refractivity contribution < 1.29 is 0 Å². The van der Waals surface area contributed by atoms with Crippen LogP contribution < -0.4 is 15.9 Å². The van der Waals surface area contributed by atoms with Gasteiger partial charge in [-0.2, -0.15) is 0 Å². The fraction of sp³-hybridized carbons (Fsp3) is 0.0400. The SMILES string of the molecule is Brc1cccc(P(c2ccccc2)c2ccccc2)c1Cc1ccccc1. The lowest BCUT2D eigenvalue weighted by Crippen LogP contribution is -2.23. The Kier molecular flexibility index (Phi) is 5.82. The largest absolute Gasteiger partial charge is 0.0622 e. The van der Waals surface area contributed by atoms with E-state index in [-0.39, 0.29) is 0 Å². The standard InChI is InChI=1S/C25H20BrP/c26-24-17-10-18-25(23(24)19-20-11-4-1-5-12-20)27(21-13-6-2-7-14-21)22-15-8-3-9-16-22/h1-18H,19H2. The maximum atomic E-state index is 3.83. The molecule has 0 heterocycles. The number of hydrogen-bond donors (Lipinski definition) is 0. The first-order valence-corrected chi connectivity index (χ1v) is 11.2. The van der Waals surface area contributed by atoms with Gasteiger partial charge in [-0.05, 0) is 47.4 Å². The first-order valence-electron chi connectivity index (χ1n) is 9.04. The summed E-state index contributed by atoms with van der Waals surface area (Å²) in [6.45, 7) is 0. The summed E-state index contributed by atoms with van der Waals surface area (Å²) in [6, 6.07) is 39.1. The van der Waals surface area contributed by atoms with E-state index in [1.54, 1.807) is 0 Å². The predicted molar refractivity (Wildman–Crippen MR) is 122 cm³/mol. The van der Waals surface area contributed by atoms with Crippen molar-refractivity contribution in [2.75, 3.05) is 0 Å². The van der Waals surface area contributed by atoms with E-state index in [0.29, 0.717) is 0 Å². The average Bonchev–Trinajstić information content (AvgIpc) is 2.73. The molecule has 0 amide bonds. The van der Waals surface area contributed by atoms with Gasteiger partial charge in [0.1, 0.15) is 0 Å². The van der Waals surface area contributed by atoms with Crippen LogP contribution in [0, 0.1) is 0 Å². The van der Waals surface area contributed by atoms with Crippen molar-refractivity contribution in [2.24, 2.45) is 0 Å². The molecule has 0 aliphatic rings. The molecule has 0 radical (unpaired) electrons. The zero-order chi connectivity index (χ0) is 18.5. The van der Waals surface area contributed by atoms with Gasteiger partial charge in [0.15, 0.2) is 0 Å². The molecule has 27 heavy (non-hydrogen) atoms. The van der Waals surface area contributed by atoms with Crippen LogP contribution in [-0.2, 0) is 6.42 Å². The second-order valence-corrected chi connectivity index (χ2v) is 9.45. The van der Waals surface area contributed by atoms with Gasteiger partial charge >= 0.3 is 0 Å². The van der Waals surface area contributed by atoms with Crippen LogP contribution in [-0.4, -0.2) is 0 Å². The molecule has 2 heteroatoms. The molecule has 0 N–H and O–H groups in total. The summed E-state index contributed by atoms with van der Waals surface area (Å²) in [4.78, 5) is 0. The zero-order valence-corrected chi connectivity index (χ0v) is 17.4. The van der Waals surface area contributed by atoms with Crippen molar-refractivity contribution in [3.05, 3.63) is 125 Å². The van der Waals surface area contributed by atoms with E-state index in [1.165, 1.54) is 31.5 Å². The van der Waals surface area contributed by atoms with Crippen LogP contribution in [0.25, 0.3) is 0 Å². The second kappa shape index (κ2) is 8.65. The Morgan fingerprint density at radius 3 is 1.63 bits per heavy atom. The van der Waals surface area contributed by atoms with Crippen molar-refractivity contribution in [1.82, 2.24) is 0 Å². The molecule has 0 saturated heterocycles. The highest BCUT2D eigenvalue weighted by Gasteiger charge is 2.20. The van der Waals surface area contributed by atoms with Crippen LogP contribution >= 0.6 is 23.9 Å². The number of rotatable bonds is 5. The summed E-state index contributed by atoms with van der Waals surface area (Å²) >= 11 is 3.83. The minimum atomic E-state index is -0.609. The molecule has 0 saturated carbocycles. The van der Waals surface area contributed by atoms with Crippen LogP contribution in [0.2, 0.25) is 0 Å². The van der Waals surface area contributed by atoms with Crippen LogP contribution in [0.3, 0.4) is 0 Å². The van der Waals surface area contributed by atoms with E-state index in [2.05, 4.69) is 125 Å². The summed E-state index contributed by atoms with van der Waals surface area (Å²) in [6.07, 6.45) is 0.927. The van der Waals surface area contributed by atoms with Gasteiger partial charge in [0, 0.05) is 4.47 Å². The van der Waals surface area contributed by atoms with Crippen LogP contribution in [0.5, 0.6) is 0 Å². The lowest BCUT2D eigenvalue weighted by molar-refractivity contribution is 1.19. The smallest absolute Gasteiger partial charge is 0.0217 e. The summed E-state index contributed by atoms with van der Waals surface area (Å²) in [5.41, 5.74) is 2.71. The van der Waals surface area contributed by atoms with Crippen molar-refractivity contribution in [1.29, 1.82) is 0 Å². The molecule has 4 rings (SSSR count). The predicted octanol–water partition coefficient (Wildman–Crippen LogP) is 5.80. The van der Waals surface area contributed by atoms with Gasteiger partial charge in [-0.1, -0.05) is 119 Å². The minimum absolute atomic E-state index is 0.609. The lowest BCUT2D eigenvalue weighted by Gasteiger charge is -2.23. The molecule has 4 aromatic carbocycles. The van der Waals surface area contributed by atoms with Gasteiger partial charge in [0.25, 0.3) is 0 Å². The maximum Gasteiger partial charge on any atom is 0.0217 e. The van der Waals surface area contributed by atoms with E-state index in [0.717, 1.165) is 6.42 Å². The molecule has 0 aliphatic carbocycles. The Labute approximate surface area is 170 Å². The number of halogens is 1. The molecule has 0 unspecified atom stereocenters. The number of hydrogen-bond acceptors (Lipinski definition) is 0. The van der Waals surface area contributed by atoms with E-state index in [9.17, 15) is 0 Å². The quantitative estimate of drug-likeness (QED) is 0.351. The van der Waals surface area contributed by atoms with Gasteiger partial charge in [-0.3, -0.25) is 0 Å². The van der Waals surface area contributed by atoms with Gasteiger partial charge in [-0.25, -0.2) is 0 Å². The molecule has 0 aliphatic heterocycles. The Hall–Kier alpha value is -2.21. The summed E-state index contributed by atoms with van der Waals surface area (Å²) in [7, 11) is -0.609. The van der Waals surface area contributed by atoms with Gasteiger partial charge in [0.05, 0.1) is 0 Å². The second-order valence-electron chi connectivity index (χ2n) is 6.41. The molecule has 132 valence electrons. The van der Waals surface area contributed by atoms with Gasteiger partial charge in [-0.15, -0.1) is 0 Å².